The number of fused-ring (bicyclic) bond motifs is 1. The van der Waals surface area contributed by atoms with E-state index >= 15 is 0 Å². The summed E-state index contributed by atoms with van der Waals surface area (Å²) >= 11 is 0. The average Bonchev–Trinajstić information content (AvgIpc) is 3.25. The molecule has 0 aromatic carbocycles. The largest absolute Gasteiger partial charge is 0.472 e. The maximum atomic E-state index is 14.4. The summed E-state index contributed by atoms with van der Waals surface area (Å²) < 4.78 is 66.8. The van der Waals surface area contributed by atoms with Crippen LogP contribution >= 0.6 is 0 Å². The first-order chi connectivity index (χ1) is 17.3. The van der Waals surface area contributed by atoms with Gasteiger partial charge in [-0.2, -0.15) is 18.3 Å². The number of rotatable bonds is 6. The van der Waals surface area contributed by atoms with Gasteiger partial charge in [0.1, 0.15) is 11.9 Å². The van der Waals surface area contributed by atoms with Crippen LogP contribution in [0.1, 0.15) is 68.7 Å². The van der Waals surface area contributed by atoms with Gasteiger partial charge in [-0.1, -0.05) is 0 Å². The number of halogens is 4. The molecule has 3 aromatic rings. The van der Waals surface area contributed by atoms with Crippen molar-refractivity contribution in [3.63, 3.8) is 0 Å². The molecule has 2 aliphatic rings. The van der Waals surface area contributed by atoms with Gasteiger partial charge in [0.25, 0.3) is 5.88 Å². The van der Waals surface area contributed by atoms with Crippen molar-refractivity contribution in [1.82, 2.24) is 19.7 Å². The number of alkyl halides is 3. The summed E-state index contributed by atoms with van der Waals surface area (Å²) in [4.78, 5) is 8.26. The first-order valence-corrected chi connectivity index (χ1v) is 12.4. The Bertz CT molecular complexity index is 1200. The monoisotopic (exact) mass is 507 g/mol. The molecule has 1 atom stereocenters. The van der Waals surface area contributed by atoms with Gasteiger partial charge in [0.05, 0.1) is 29.4 Å². The second kappa shape index (κ2) is 10.2. The molecule has 1 saturated heterocycles. The van der Waals surface area contributed by atoms with Crippen molar-refractivity contribution in [2.24, 2.45) is 0 Å². The number of anilines is 1. The minimum Gasteiger partial charge on any atom is -0.472 e. The zero-order chi connectivity index (χ0) is 25.3. The molecule has 194 valence electrons. The quantitative estimate of drug-likeness (QED) is 0.421. The molecule has 36 heavy (non-hydrogen) atoms. The molecular weight excluding hydrogens is 478 g/mol. The zero-order valence-corrected chi connectivity index (χ0v) is 20.0. The summed E-state index contributed by atoms with van der Waals surface area (Å²) in [5, 5.41) is 9.30. The van der Waals surface area contributed by atoms with E-state index in [1.807, 2.05) is 19.2 Å². The highest BCUT2D eigenvalue weighted by atomic mass is 19.4. The smallest absolute Gasteiger partial charge is 0.419 e. The van der Waals surface area contributed by atoms with Gasteiger partial charge in [-0.3, -0.25) is 4.68 Å². The van der Waals surface area contributed by atoms with Crippen LogP contribution in [-0.4, -0.2) is 45.6 Å². The number of hydrogen-bond donors (Lipinski definition) is 1. The number of ether oxygens (including phenoxy) is 2. The number of pyridine rings is 2. The van der Waals surface area contributed by atoms with Crippen LogP contribution in [0.4, 0.5) is 23.4 Å². The van der Waals surface area contributed by atoms with Crippen molar-refractivity contribution in [2.75, 3.05) is 25.1 Å². The number of aromatic nitrogens is 4. The molecule has 1 N–H and O–H groups in total. The summed E-state index contributed by atoms with van der Waals surface area (Å²) in [6, 6.07) is 2.72. The Balaban J connectivity index is 1.35. The van der Waals surface area contributed by atoms with Crippen molar-refractivity contribution in [3.05, 3.63) is 41.6 Å². The van der Waals surface area contributed by atoms with Gasteiger partial charge in [0.2, 0.25) is 0 Å². The maximum absolute atomic E-state index is 14.4. The van der Waals surface area contributed by atoms with Gasteiger partial charge in [-0.25, -0.2) is 14.4 Å². The van der Waals surface area contributed by atoms with Gasteiger partial charge in [0.15, 0.2) is 5.82 Å². The summed E-state index contributed by atoms with van der Waals surface area (Å²) in [7, 11) is 0. The third kappa shape index (κ3) is 4.98. The molecule has 1 aliphatic carbocycles. The van der Waals surface area contributed by atoms with E-state index in [9.17, 15) is 17.6 Å². The van der Waals surface area contributed by atoms with E-state index in [1.54, 1.807) is 0 Å². The first kappa shape index (κ1) is 24.7. The fourth-order valence-corrected chi connectivity index (χ4v) is 5.16. The minimum atomic E-state index is -4.80. The van der Waals surface area contributed by atoms with Crippen LogP contribution in [0.3, 0.4) is 0 Å². The van der Waals surface area contributed by atoms with Gasteiger partial charge in [0, 0.05) is 42.9 Å². The fraction of sp³-hybridized carbons (Fsp3) is 0.560. The standard InChI is InChI=1S/C25H29F4N5O2/c1-2-30-21-12-20-18(13-32-21)23(15-4-3-11-35-14-15)33-34(20)16-5-7-17(8-6-16)36-24-22(26)19(9-10-31-24)25(27,28)29/h9-10,12-13,15-17H,2-8,11,14H2,1H3,(H,30,32)/t15?,16-,17+. The molecule has 5 rings (SSSR count). The highest BCUT2D eigenvalue weighted by molar-refractivity contribution is 5.84. The number of hydrogen-bond acceptors (Lipinski definition) is 6. The Morgan fingerprint density at radius 2 is 1.97 bits per heavy atom. The lowest BCUT2D eigenvalue weighted by atomic mass is 9.93. The third-order valence-corrected chi connectivity index (χ3v) is 6.96. The maximum Gasteiger partial charge on any atom is 0.419 e. The Kier molecular flexibility index (Phi) is 7.00. The van der Waals surface area contributed by atoms with Crippen molar-refractivity contribution in [1.29, 1.82) is 0 Å². The molecule has 2 fully saturated rings. The van der Waals surface area contributed by atoms with Crippen LogP contribution in [0.25, 0.3) is 10.9 Å². The molecule has 3 aromatic heterocycles. The second-order valence-corrected chi connectivity index (χ2v) is 9.38. The van der Waals surface area contributed by atoms with Gasteiger partial charge >= 0.3 is 6.18 Å². The van der Waals surface area contributed by atoms with Crippen molar-refractivity contribution in [2.45, 2.75) is 69.7 Å². The van der Waals surface area contributed by atoms with Crippen LogP contribution in [0.2, 0.25) is 0 Å². The van der Waals surface area contributed by atoms with Crippen LogP contribution in [0.15, 0.2) is 24.5 Å². The Hall–Kier alpha value is -2.95. The molecule has 1 saturated carbocycles. The normalized spacial score (nSPS) is 23.1. The van der Waals surface area contributed by atoms with E-state index in [4.69, 9.17) is 14.6 Å². The first-order valence-electron chi connectivity index (χ1n) is 12.4. The average molecular weight is 508 g/mol. The van der Waals surface area contributed by atoms with E-state index < -0.39 is 29.5 Å². The SMILES string of the molecule is CCNc1cc2c(cn1)c(C1CCCOC1)nn2[C@H]1CC[C@@H](Oc2nccc(C(F)(F)F)c2F)CC1. The molecule has 11 heteroatoms. The van der Waals surface area contributed by atoms with Crippen LogP contribution in [0.5, 0.6) is 5.88 Å². The molecule has 0 radical (unpaired) electrons. The zero-order valence-electron chi connectivity index (χ0n) is 20.0. The molecule has 4 heterocycles. The Labute approximate surface area is 206 Å². The summed E-state index contributed by atoms with van der Waals surface area (Å²) in [6.45, 7) is 4.16. The lowest BCUT2D eigenvalue weighted by Crippen LogP contribution is -2.27. The molecular formula is C25H29F4N5O2. The van der Waals surface area contributed by atoms with Crippen LogP contribution in [-0.2, 0) is 10.9 Å². The van der Waals surface area contributed by atoms with Gasteiger partial charge in [-0.15, -0.1) is 0 Å². The summed E-state index contributed by atoms with van der Waals surface area (Å²) in [5.74, 6) is -1.07. The fourth-order valence-electron chi connectivity index (χ4n) is 5.16. The van der Waals surface area contributed by atoms with E-state index in [1.165, 1.54) is 0 Å². The third-order valence-electron chi connectivity index (χ3n) is 6.96. The number of nitrogens with one attached hydrogen (secondary N) is 1. The molecule has 7 nitrogen and oxygen atoms in total. The van der Waals surface area contributed by atoms with Crippen molar-refractivity contribution in [3.8, 4) is 5.88 Å². The van der Waals surface area contributed by atoms with E-state index in [2.05, 4.69) is 20.0 Å². The summed E-state index contributed by atoms with van der Waals surface area (Å²) in [5.41, 5.74) is 0.624. The highest BCUT2D eigenvalue weighted by Gasteiger charge is 2.37. The predicted octanol–water partition coefficient (Wildman–Crippen LogP) is 5.87. The lowest BCUT2D eigenvalue weighted by Gasteiger charge is -2.29. The molecule has 0 bridgehead atoms. The van der Waals surface area contributed by atoms with E-state index in [0.29, 0.717) is 38.4 Å². The van der Waals surface area contributed by atoms with Gasteiger partial charge < -0.3 is 14.8 Å². The Morgan fingerprint density at radius 3 is 2.67 bits per heavy atom. The highest BCUT2D eigenvalue weighted by Crippen LogP contribution is 2.38. The second-order valence-electron chi connectivity index (χ2n) is 9.38. The topological polar surface area (TPSA) is 74.1 Å². The molecule has 1 aliphatic heterocycles. The summed E-state index contributed by atoms with van der Waals surface area (Å²) in [6.07, 6.45) is 2.08. The van der Waals surface area contributed by atoms with Crippen LogP contribution in [0, 0.1) is 5.82 Å². The molecule has 1 unspecified atom stereocenters. The molecule has 0 amide bonds. The van der Waals surface area contributed by atoms with E-state index in [0.717, 1.165) is 54.6 Å². The van der Waals surface area contributed by atoms with Crippen molar-refractivity contribution < 1.29 is 27.0 Å². The van der Waals surface area contributed by atoms with Crippen molar-refractivity contribution >= 4 is 16.7 Å². The lowest BCUT2D eigenvalue weighted by molar-refractivity contribution is -0.140. The molecule has 0 spiro atoms. The number of nitrogens with zero attached hydrogens (tertiary/aromatic N) is 4. The van der Waals surface area contributed by atoms with Crippen LogP contribution < -0.4 is 10.1 Å². The minimum absolute atomic E-state index is 0.0850. The van der Waals surface area contributed by atoms with E-state index in [-0.39, 0.29) is 12.0 Å². The van der Waals surface area contributed by atoms with Gasteiger partial charge in [-0.05, 0) is 51.5 Å². The predicted molar refractivity (Wildman–Crippen MR) is 126 cm³/mol. The Morgan fingerprint density at radius 1 is 1.17 bits per heavy atom.